The fourth-order valence-corrected chi connectivity index (χ4v) is 1.18. The van der Waals surface area contributed by atoms with E-state index < -0.39 is 11.6 Å². The van der Waals surface area contributed by atoms with Crippen molar-refractivity contribution in [2.45, 2.75) is 32.4 Å². The highest BCUT2D eigenvalue weighted by Gasteiger charge is 2.23. The summed E-state index contributed by atoms with van der Waals surface area (Å²) in [5.41, 5.74) is 7.27. The van der Waals surface area contributed by atoms with Crippen LogP contribution in [0.15, 0.2) is 24.3 Å². The van der Waals surface area contributed by atoms with Gasteiger partial charge >= 0.3 is 0 Å². The maximum absolute atomic E-state index is 9.82. The number of hydrogen-bond acceptors (Lipinski definition) is 2. The van der Waals surface area contributed by atoms with Gasteiger partial charge in [-0.05, 0) is 26.3 Å². The first-order valence-electron chi connectivity index (χ1n) is 4.45. The zero-order valence-electron chi connectivity index (χ0n) is 8.41. The number of aliphatic hydroxyl groups excluding tert-OH is 1. The highest BCUT2D eigenvalue weighted by Crippen LogP contribution is 2.22. The van der Waals surface area contributed by atoms with Crippen molar-refractivity contribution < 1.29 is 5.11 Å². The summed E-state index contributed by atoms with van der Waals surface area (Å²) in [5.74, 6) is 0. The van der Waals surface area contributed by atoms with Crippen LogP contribution in [0.5, 0.6) is 0 Å². The Morgan fingerprint density at radius 1 is 1.23 bits per heavy atom. The lowest BCUT2D eigenvalue weighted by molar-refractivity contribution is 0.104. The van der Waals surface area contributed by atoms with Crippen molar-refractivity contribution in [3.63, 3.8) is 0 Å². The molecule has 0 spiro atoms. The SMILES string of the molecule is Cc1ccc([C@@H](O)C(C)(C)N)cc1. The van der Waals surface area contributed by atoms with Gasteiger partial charge in [0, 0.05) is 5.54 Å². The van der Waals surface area contributed by atoms with Gasteiger partial charge in [0.15, 0.2) is 0 Å². The Morgan fingerprint density at radius 3 is 2.08 bits per heavy atom. The predicted octanol–water partition coefficient (Wildman–Crippen LogP) is 1.77. The quantitative estimate of drug-likeness (QED) is 0.726. The van der Waals surface area contributed by atoms with Crippen molar-refractivity contribution in [1.29, 1.82) is 0 Å². The molecular formula is C11H17NO. The minimum atomic E-state index is -0.604. The van der Waals surface area contributed by atoms with Gasteiger partial charge in [-0.15, -0.1) is 0 Å². The van der Waals surface area contributed by atoms with E-state index in [1.807, 2.05) is 45.0 Å². The van der Waals surface area contributed by atoms with Crippen LogP contribution >= 0.6 is 0 Å². The van der Waals surface area contributed by atoms with Gasteiger partial charge in [-0.25, -0.2) is 0 Å². The molecule has 0 aliphatic rings. The second-order valence-electron chi connectivity index (χ2n) is 4.13. The van der Waals surface area contributed by atoms with Crippen molar-refractivity contribution in [2.75, 3.05) is 0 Å². The van der Waals surface area contributed by atoms with Crippen molar-refractivity contribution in [1.82, 2.24) is 0 Å². The second kappa shape index (κ2) is 3.48. The van der Waals surface area contributed by atoms with Crippen LogP contribution in [0.4, 0.5) is 0 Å². The zero-order chi connectivity index (χ0) is 10.1. The first-order valence-corrected chi connectivity index (χ1v) is 4.45. The highest BCUT2D eigenvalue weighted by molar-refractivity contribution is 5.24. The van der Waals surface area contributed by atoms with Gasteiger partial charge in [0.05, 0.1) is 6.10 Å². The Hall–Kier alpha value is -0.860. The first kappa shape index (κ1) is 10.2. The average molecular weight is 179 g/mol. The lowest BCUT2D eigenvalue weighted by Gasteiger charge is -2.26. The van der Waals surface area contributed by atoms with Crippen molar-refractivity contribution in [2.24, 2.45) is 5.73 Å². The minimum absolute atomic E-state index is 0.588. The van der Waals surface area contributed by atoms with Crippen LogP contribution in [-0.2, 0) is 0 Å². The summed E-state index contributed by atoms with van der Waals surface area (Å²) in [7, 11) is 0. The molecule has 0 fully saturated rings. The third-order valence-electron chi connectivity index (χ3n) is 2.10. The van der Waals surface area contributed by atoms with E-state index in [0.29, 0.717) is 0 Å². The number of benzene rings is 1. The fourth-order valence-electron chi connectivity index (χ4n) is 1.18. The molecule has 1 rings (SSSR count). The molecule has 3 N–H and O–H groups in total. The highest BCUT2D eigenvalue weighted by atomic mass is 16.3. The van der Waals surface area contributed by atoms with Gasteiger partial charge in [-0.3, -0.25) is 0 Å². The summed E-state index contributed by atoms with van der Waals surface area (Å²) in [6, 6.07) is 7.78. The third kappa shape index (κ3) is 2.54. The molecule has 0 aromatic heterocycles. The molecule has 0 unspecified atom stereocenters. The number of nitrogens with two attached hydrogens (primary N) is 1. The topological polar surface area (TPSA) is 46.2 Å². The van der Waals surface area contributed by atoms with Crippen LogP contribution in [0.1, 0.15) is 31.1 Å². The summed E-state index contributed by atoms with van der Waals surface area (Å²) >= 11 is 0. The number of hydrogen-bond donors (Lipinski definition) is 2. The van der Waals surface area contributed by atoms with E-state index >= 15 is 0 Å². The molecule has 0 aliphatic heterocycles. The van der Waals surface area contributed by atoms with E-state index in [4.69, 9.17) is 5.73 Å². The number of aliphatic hydroxyl groups is 1. The molecule has 2 heteroatoms. The molecule has 0 bridgehead atoms. The zero-order valence-corrected chi connectivity index (χ0v) is 8.41. The Kier molecular flexibility index (Phi) is 2.74. The van der Waals surface area contributed by atoms with E-state index in [-0.39, 0.29) is 0 Å². The van der Waals surface area contributed by atoms with Crippen LogP contribution in [0.3, 0.4) is 0 Å². The summed E-state index contributed by atoms with van der Waals surface area (Å²) < 4.78 is 0. The molecule has 0 saturated carbocycles. The van der Waals surface area contributed by atoms with Crippen LogP contribution in [-0.4, -0.2) is 10.6 Å². The van der Waals surface area contributed by atoms with Crippen molar-refractivity contribution in [3.8, 4) is 0 Å². The van der Waals surface area contributed by atoms with Crippen LogP contribution in [0.25, 0.3) is 0 Å². The predicted molar refractivity (Wildman–Crippen MR) is 54.4 cm³/mol. The molecule has 0 aliphatic carbocycles. The molecule has 13 heavy (non-hydrogen) atoms. The smallest absolute Gasteiger partial charge is 0.0963 e. The average Bonchev–Trinajstić information content (AvgIpc) is 2.03. The Morgan fingerprint density at radius 2 is 1.69 bits per heavy atom. The summed E-state index contributed by atoms with van der Waals surface area (Å²) in [4.78, 5) is 0. The molecule has 1 aromatic rings. The summed E-state index contributed by atoms with van der Waals surface area (Å²) in [6.45, 7) is 5.65. The molecule has 72 valence electrons. The summed E-state index contributed by atoms with van der Waals surface area (Å²) in [5, 5.41) is 9.82. The first-order chi connectivity index (χ1) is 5.91. The van der Waals surface area contributed by atoms with E-state index in [1.165, 1.54) is 5.56 Å². The van der Waals surface area contributed by atoms with Crippen molar-refractivity contribution >= 4 is 0 Å². The van der Waals surface area contributed by atoms with Crippen LogP contribution < -0.4 is 5.73 Å². The van der Waals surface area contributed by atoms with Gasteiger partial charge in [0.1, 0.15) is 0 Å². The van der Waals surface area contributed by atoms with Gasteiger partial charge < -0.3 is 10.8 Å². The largest absolute Gasteiger partial charge is 0.387 e. The maximum Gasteiger partial charge on any atom is 0.0963 e. The Labute approximate surface area is 79.4 Å². The molecule has 2 nitrogen and oxygen atoms in total. The summed E-state index contributed by atoms with van der Waals surface area (Å²) in [6.07, 6.45) is -0.604. The molecule has 0 radical (unpaired) electrons. The second-order valence-corrected chi connectivity index (χ2v) is 4.13. The Balaban J connectivity index is 2.90. The molecule has 1 atom stereocenters. The molecule has 0 saturated heterocycles. The third-order valence-corrected chi connectivity index (χ3v) is 2.10. The van der Waals surface area contributed by atoms with E-state index in [1.54, 1.807) is 0 Å². The van der Waals surface area contributed by atoms with E-state index in [2.05, 4.69) is 0 Å². The standard InChI is InChI=1S/C11H17NO/c1-8-4-6-9(7-5-8)10(13)11(2,3)12/h4-7,10,13H,12H2,1-3H3/t10-/m1/s1. The molecular weight excluding hydrogens is 162 g/mol. The fraction of sp³-hybridized carbons (Fsp3) is 0.455. The minimum Gasteiger partial charge on any atom is -0.387 e. The molecule has 0 amide bonds. The van der Waals surface area contributed by atoms with Crippen molar-refractivity contribution in [3.05, 3.63) is 35.4 Å². The maximum atomic E-state index is 9.82. The lowest BCUT2D eigenvalue weighted by Crippen LogP contribution is -2.39. The number of aryl methyl sites for hydroxylation is 1. The Bertz CT molecular complexity index is 271. The monoisotopic (exact) mass is 179 g/mol. The normalized spacial score (nSPS) is 14.2. The van der Waals surface area contributed by atoms with Gasteiger partial charge in [-0.2, -0.15) is 0 Å². The molecule has 1 aromatic carbocycles. The van der Waals surface area contributed by atoms with Gasteiger partial charge in [0.2, 0.25) is 0 Å². The van der Waals surface area contributed by atoms with E-state index in [9.17, 15) is 5.11 Å². The van der Waals surface area contributed by atoms with Gasteiger partial charge in [-0.1, -0.05) is 29.8 Å². The van der Waals surface area contributed by atoms with Crippen LogP contribution in [0, 0.1) is 6.92 Å². The lowest BCUT2D eigenvalue weighted by atomic mass is 9.92. The number of rotatable bonds is 2. The van der Waals surface area contributed by atoms with E-state index in [0.717, 1.165) is 5.56 Å². The van der Waals surface area contributed by atoms with Crippen LogP contribution in [0.2, 0.25) is 0 Å². The molecule has 0 heterocycles. The van der Waals surface area contributed by atoms with Gasteiger partial charge in [0.25, 0.3) is 0 Å².